The molecule has 3 aromatic carbocycles. The van der Waals surface area contributed by atoms with Crippen LogP contribution in [-0.4, -0.2) is 17.4 Å². The van der Waals surface area contributed by atoms with E-state index in [-0.39, 0.29) is 11.8 Å². The van der Waals surface area contributed by atoms with Gasteiger partial charge in [-0.15, -0.1) is 0 Å². The number of hydrogen-bond donors (Lipinski definition) is 0. The van der Waals surface area contributed by atoms with Crippen molar-refractivity contribution in [3.63, 3.8) is 0 Å². The predicted molar refractivity (Wildman–Crippen MR) is 124 cm³/mol. The number of hydrogen-bond acceptors (Lipinski definition) is 4. The molecule has 0 spiro atoms. The average molecular weight is 476 g/mol. The van der Waals surface area contributed by atoms with Crippen LogP contribution in [0.4, 0.5) is 0 Å². The van der Waals surface area contributed by atoms with E-state index >= 15 is 0 Å². The Morgan fingerprint density at radius 3 is 2.58 bits per heavy atom. The van der Waals surface area contributed by atoms with E-state index in [0.29, 0.717) is 30.3 Å². The van der Waals surface area contributed by atoms with Crippen LogP contribution in [0, 0.1) is 6.92 Å². The molecule has 0 N–H and O–H groups in total. The summed E-state index contributed by atoms with van der Waals surface area (Å²) in [4.78, 5) is 15.4. The molecule has 0 aromatic heterocycles. The Balaban J connectivity index is 1.49. The predicted octanol–water partition coefficient (Wildman–Crippen LogP) is 6.29. The van der Waals surface area contributed by atoms with E-state index in [4.69, 9.17) is 9.47 Å². The number of carbonyl (C=O) groups excluding carboxylic acids is 1. The number of halogens is 1. The fourth-order valence-corrected chi connectivity index (χ4v) is 4.41. The van der Waals surface area contributed by atoms with Gasteiger partial charge < -0.3 is 9.47 Å². The van der Waals surface area contributed by atoms with Crippen LogP contribution in [0.5, 0.6) is 11.5 Å². The quantitative estimate of drug-likeness (QED) is 0.417. The fraction of sp³-hybridized carbons (Fsp3) is 0.192. The molecule has 3 aromatic rings. The molecule has 156 valence electrons. The van der Waals surface area contributed by atoms with Crippen molar-refractivity contribution in [2.75, 3.05) is 6.73 Å². The largest absolute Gasteiger partial charge is 0.478 e. The topological polar surface area (TPSA) is 38.8 Å². The highest BCUT2D eigenvalue weighted by Gasteiger charge is 2.36. The number of ether oxygens (including phenoxy) is 2. The first-order valence-electron chi connectivity index (χ1n) is 10.3. The van der Waals surface area contributed by atoms with Crippen LogP contribution in [-0.2, 0) is 6.54 Å². The van der Waals surface area contributed by atoms with E-state index in [9.17, 15) is 4.79 Å². The lowest BCUT2D eigenvalue weighted by atomic mass is 9.98. The summed E-state index contributed by atoms with van der Waals surface area (Å²) < 4.78 is 13.2. The zero-order valence-corrected chi connectivity index (χ0v) is 19.0. The summed E-state index contributed by atoms with van der Waals surface area (Å²) in [6, 6.07) is 20.3. The van der Waals surface area contributed by atoms with Crippen molar-refractivity contribution in [1.82, 2.24) is 4.90 Å². The van der Waals surface area contributed by atoms with Gasteiger partial charge in [0.25, 0.3) is 0 Å². The Hall–Kier alpha value is -2.89. The molecule has 4 nitrogen and oxygen atoms in total. The second-order valence-corrected chi connectivity index (χ2v) is 8.89. The Labute approximate surface area is 190 Å². The van der Waals surface area contributed by atoms with Gasteiger partial charge in [0.2, 0.25) is 5.78 Å². The van der Waals surface area contributed by atoms with Crippen LogP contribution in [0.3, 0.4) is 0 Å². The normalized spacial score (nSPS) is 17.6. The van der Waals surface area contributed by atoms with Crippen molar-refractivity contribution in [3.8, 4) is 11.5 Å². The van der Waals surface area contributed by atoms with Gasteiger partial charge in [-0.3, -0.25) is 9.69 Å². The van der Waals surface area contributed by atoms with E-state index < -0.39 is 0 Å². The molecule has 0 radical (unpaired) electrons. The second-order valence-electron chi connectivity index (χ2n) is 7.97. The molecule has 2 aliphatic rings. The molecular weight excluding hydrogens is 454 g/mol. The number of fused-ring (bicyclic) bond motifs is 3. The van der Waals surface area contributed by atoms with E-state index in [1.807, 2.05) is 55.5 Å². The zero-order chi connectivity index (χ0) is 21.5. The summed E-state index contributed by atoms with van der Waals surface area (Å²) in [7, 11) is 0. The standard InChI is InChI=1S/C26H22BrNO3/c1-16-12-22-21(14-28(15-30-22)17(2)19-6-4-3-5-7-19)26-24(16)25(29)23(31-26)13-18-8-10-20(27)11-9-18/h3-13,17H,14-15H2,1-2H3/b23-13-. The highest BCUT2D eigenvalue weighted by Crippen LogP contribution is 2.45. The SMILES string of the molecule is Cc1cc2c(c3c1C(=O)/C(=C/c1ccc(Br)cc1)O3)CN(C(C)c1ccccc1)CO2. The van der Waals surface area contributed by atoms with Gasteiger partial charge in [0, 0.05) is 17.1 Å². The smallest absolute Gasteiger partial charge is 0.232 e. The number of rotatable bonds is 3. The first-order chi connectivity index (χ1) is 15.0. The monoisotopic (exact) mass is 475 g/mol. The number of ketones is 1. The van der Waals surface area contributed by atoms with Crippen molar-refractivity contribution < 1.29 is 14.3 Å². The van der Waals surface area contributed by atoms with E-state index in [1.54, 1.807) is 6.08 Å². The second kappa shape index (κ2) is 7.98. The summed E-state index contributed by atoms with van der Waals surface area (Å²) in [5.74, 6) is 1.70. The third-order valence-corrected chi connectivity index (χ3v) is 6.48. The summed E-state index contributed by atoms with van der Waals surface area (Å²) in [5.41, 5.74) is 4.59. The Morgan fingerprint density at radius 1 is 1.10 bits per heavy atom. The third-order valence-electron chi connectivity index (χ3n) is 5.95. The molecule has 1 unspecified atom stereocenters. The molecule has 0 saturated heterocycles. The van der Waals surface area contributed by atoms with Gasteiger partial charge in [0.15, 0.2) is 5.76 Å². The molecule has 31 heavy (non-hydrogen) atoms. The molecule has 0 saturated carbocycles. The molecule has 0 aliphatic carbocycles. The van der Waals surface area contributed by atoms with Crippen LogP contribution >= 0.6 is 15.9 Å². The van der Waals surface area contributed by atoms with Crippen LogP contribution in [0.15, 0.2) is 70.9 Å². The van der Waals surface area contributed by atoms with Crippen LogP contribution in [0.1, 0.15) is 45.6 Å². The van der Waals surface area contributed by atoms with Crippen molar-refractivity contribution in [1.29, 1.82) is 0 Å². The van der Waals surface area contributed by atoms with E-state index in [0.717, 1.165) is 26.9 Å². The highest BCUT2D eigenvalue weighted by atomic mass is 79.9. The lowest BCUT2D eigenvalue weighted by Gasteiger charge is -2.34. The van der Waals surface area contributed by atoms with Gasteiger partial charge >= 0.3 is 0 Å². The Bertz CT molecular complexity index is 1190. The number of carbonyl (C=O) groups is 1. The summed E-state index contributed by atoms with van der Waals surface area (Å²) in [6.07, 6.45) is 1.80. The van der Waals surface area contributed by atoms with Gasteiger partial charge in [-0.2, -0.15) is 0 Å². The number of allylic oxidation sites excluding steroid dienone is 1. The Kier molecular flexibility index (Phi) is 5.16. The third kappa shape index (κ3) is 3.68. The lowest BCUT2D eigenvalue weighted by molar-refractivity contribution is 0.0605. The molecular formula is C26H22BrNO3. The molecule has 0 bridgehead atoms. The number of aryl methyl sites for hydroxylation is 1. The highest BCUT2D eigenvalue weighted by molar-refractivity contribution is 9.10. The van der Waals surface area contributed by atoms with Crippen molar-refractivity contribution in [3.05, 3.63) is 98.7 Å². The van der Waals surface area contributed by atoms with Crippen molar-refractivity contribution in [2.45, 2.75) is 26.4 Å². The first kappa shape index (κ1) is 20.0. The van der Waals surface area contributed by atoms with E-state index in [1.165, 1.54) is 5.56 Å². The van der Waals surface area contributed by atoms with Crippen LogP contribution in [0.25, 0.3) is 6.08 Å². The van der Waals surface area contributed by atoms with Crippen molar-refractivity contribution >= 4 is 27.8 Å². The van der Waals surface area contributed by atoms with Gasteiger partial charge in [-0.25, -0.2) is 0 Å². The van der Waals surface area contributed by atoms with Gasteiger partial charge in [0.1, 0.15) is 18.2 Å². The minimum atomic E-state index is -0.0774. The summed E-state index contributed by atoms with van der Waals surface area (Å²) in [6.45, 7) is 5.26. The molecule has 1 atom stereocenters. The maximum Gasteiger partial charge on any atom is 0.232 e. The summed E-state index contributed by atoms with van der Waals surface area (Å²) >= 11 is 3.44. The van der Waals surface area contributed by atoms with Crippen LogP contribution in [0.2, 0.25) is 0 Å². The van der Waals surface area contributed by atoms with Gasteiger partial charge in [-0.1, -0.05) is 58.4 Å². The molecule has 0 fully saturated rings. The maximum atomic E-state index is 13.2. The minimum Gasteiger partial charge on any atom is -0.478 e. The molecule has 2 aliphatic heterocycles. The van der Waals surface area contributed by atoms with Gasteiger partial charge in [-0.05, 0) is 54.8 Å². The lowest BCUT2D eigenvalue weighted by Crippen LogP contribution is -2.34. The molecule has 0 amide bonds. The number of Topliss-reactive ketones (excluding diaryl/α,β-unsaturated/α-hetero) is 1. The minimum absolute atomic E-state index is 0.0774. The van der Waals surface area contributed by atoms with E-state index in [2.05, 4.69) is 39.9 Å². The number of benzene rings is 3. The van der Waals surface area contributed by atoms with Crippen molar-refractivity contribution in [2.24, 2.45) is 0 Å². The first-order valence-corrected chi connectivity index (χ1v) is 11.1. The average Bonchev–Trinajstić information content (AvgIpc) is 3.12. The molecule has 5 heteroatoms. The summed E-state index contributed by atoms with van der Waals surface area (Å²) in [5, 5.41) is 0. The Morgan fingerprint density at radius 2 is 1.84 bits per heavy atom. The molecule has 2 heterocycles. The fourth-order valence-electron chi connectivity index (χ4n) is 4.15. The number of nitrogens with zero attached hydrogens (tertiary/aromatic N) is 1. The molecule has 5 rings (SSSR count). The maximum absolute atomic E-state index is 13.2. The van der Waals surface area contributed by atoms with Gasteiger partial charge in [0.05, 0.1) is 11.1 Å². The van der Waals surface area contributed by atoms with Crippen LogP contribution < -0.4 is 9.47 Å². The zero-order valence-electron chi connectivity index (χ0n) is 17.4.